The molecule has 172 valence electrons. The third-order valence-electron chi connectivity index (χ3n) is 4.43. The number of hydrogen-bond acceptors (Lipinski definition) is 4. The molecule has 0 radical (unpaired) electrons. The van der Waals surface area contributed by atoms with Crippen LogP contribution in [0, 0.1) is 0 Å². The largest absolute Gasteiger partial charge is 0.573 e. The van der Waals surface area contributed by atoms with E-state index in [2.05, 4.69) is 27.3 Å². The van der Waals surface area contributed by atoms with Crippen molar-refractivity contribution in [2.45, 2.75) is 44.5 Å². The number of nitrogens with one attached hydrogen (secondary N) is 2. The number of unbranched alkanes of at least 4 members (excludes halogenated alkanes) is 1. The van der Waals surface area contributed by atoms with Crippen molar-refractivity contribution < 1.29 is 27.4 Å². The maximum Gasteiger partial charge on any atom is 0.573 e. The fourth-order valence-corrected chi connectivity index (χ4v) is 2.88. The molecular weight excluding hydrogens is 514 g/mol. The number of rotatable bonds is 12. The van der Waals surface area contributed by atoms with Crippen LogP contribution in [-0.2, 0) is 9.47 Å². The fourth-order valence-electron chi connectivity index (χ4n) is 2.88. The van der Waals surface area contributed by atoms with E-state index in [-0.39, 0.29) is 41.7 Å². The molecule has 1 saturated carbocycles. The van der Waals surface area contributed by atoms with Crippen LogP contribution in [0.4, 0.5) is 13.2 Å². The minimum absolute atomic E-state index is 0. The van der Waals surface area contributed by atoms with Crippen LogP contribution in [0.15, 0.2) is 29.3 Å². The van der Waals surface area contributed by atoms with Gasteiger partial charge in [0.1, 0.15) is 5.75 Å². The Balaban J connectivity index is 0.00000450. The van der Waals surface area contributed by atoms with Crippen molar-refractivity contribution >= 4 is 29.9 Å². The van der Waals surface area contributed by atoms with E-state index in [1.165, 1.54) is 12.1 Å². The van der Waals surface area contributed by atoms with E-state index in [9.17, 15) is 13.2 Å². The second-order valence-corrected chi connectivity index (χ2v) is 6.76. The maximum atomic E-state index is 12.6. The predicted molar refractivity (Wildman–Crippen MR) is 121 cm³/mol. The molecule has 1 aliphatic carbocycles. The van der Waals surface area contributed by atoms with E-state index in [0.717, 1.165) is 19.4 Å². The Labute approximate surface area is 193 Å². The molecule has 2 N–H and O–H groups in total. The van der Waals surface area contributed by atoms with Gasteiger partial charge >= 0.3 is 6.36 Å². The van der Waals surface area contributed by atoms with Gasteiger partial charge in [0.05, 0.1) is 19.8 Å². The minimum atomic E-state index is -4.70. The molecule has 0 spiro atoms. The Bertz CT molecular complexity index is 647. The number of halogens is 4. The summed E-state index contributed by atoms with van der Waals surface area (Å²) in [5, 5.41) is 6.36. The lowest BCUT2D eigenvalue weighted by Gasteiger charge is -2.14. The molecule has 1 aromatic rings. The first-order chi connectivity index (χ1) is 13.9. The van der Waals surface area contributed by atoms with Gasteiger partial charge < -0.3 is 24.8 Å². The van der Waals surface area contributed by atoms with Gasteiger partial charge in [0.2, 0.25) is 0 Å². The summed E-state index contributed by atoms with van der Waals surface area (Å²) in [6.45, 7) is 5.07. The first-order valence-corrected chi connectivity index (χ1v) is 9.92. The van der Waals surface area contributed by atoms with Crippen molar-refractivity contribution in [3.63, 3.8) is 0 Å². The Morgan fingerprint density at radius 1 is 1.13 bits per heavy atom. The molecule has 1 fully saturated rings. The summed E-state index contributed by atoms with van der Waals surface area (Å²) in [7, 11) is 1.65. The lowest BCUT2D eigenvalue weighted by molar-refractivity contribution is -0.274. The second kappa shape index (κ2) is 13.9. The molecule has 0 saturated heterocycles. The van der Waals surface area contributed by atoms with Gasteiger partial charge in [-0.05, 0) is 24.5 Å². The SMILES string of the molecule is CCCCOCCOCCNC(=NC)NC1CC1c1ccccc1OC(F)(F)F.I. The highest BCUT2D eigenvalue weighted by atomic mass is 127. The molecule has 30 heavy (non-hydrogen) atoms. The average Bonchev–Trinajstić information content (AvgIpc) is 3.43. The molecule has 1 aromatic carbocycles. The van der Waals surface area contributed by atoms with E-state index in [1.54, 1.807) is 19.2 Å². The zero-order valence-electron chi connectivity index (χ0n) is 17.3. The Kier molecular flexibility index (Phi) is 12.4. The van der Waals surface area contributed by atoms with Crippen molar-refractivity contribution in [3.8, 4) is 5.75 Å². The zero-order chi connectivity index (χ0) is 21.1. The molecule has 10 heteroatoms. The van der Waals surface area contributed by atoms with E-state index < -0.39 is 6.36 Å². The van der Waals surface area contributed by atoms with Gasteiger partial charge in [-0.2, -0.15) is 0 Å². The van der Waals surface area contributed by atoms with Crippen LogP contribution in [0.2, 0.25) is 0 Å². The molecule has 2 rings (SSSR count). The zero-order valence-corrected chi connectivity index (χ0v) is 19.7. The van der Waals surface area contributed by atoms with Crippen LogP contribution >= 0.6 is 24.0 Å². The topological polar surface area (TPSA) is 64.1 Å². The van der Waals surface area contributed by atoms with E-state index in [1.807, 2.05) is 0 Å². The summed E-state index contributed by atoms with van der Waals surface area (Å²) in [5.41, 5.74) is 0.546. The summed E-state index contributed by atoms with van der Waals surface area (Å²) in [6, 6.07) is 6.26. The molecule has 0 amide bonds. The van der Waals surface area contributed by atoms with Crippen molar-refractivity contribution in [3.05, 3.63) is 29.8 Å². The van der Waals surface area contributed by atoms with Crippen molar-refractivity contribution in [1.29, 1.82) is 0 Å². The second-order valence-electron chi connectivity index (χ2n) is 6.76. The molecule has 0 aromatic heterocycles. The van der Waals surface area contributed by atoms with Gasteiger partial charge in [-0.3, -0.25) is 4.99 Å². The quantitative estimate of drug-likeness (QED) is 0.180. The van der Waals surface area contributed by atoms with Gasteiger partial charge in [0, 0.05) is 32.2 Å². The van der Waals surface area contributed by atoms with Crippen molar-refractivity contribution in [2.24, 2.45) is 4.99 Å². The number of guanidine groups is 1. The van der Waals surface area contributed by atoms with E-state index >= 15 is 0 Å². The van der Waals surface area contributed by atoms with Gasteiger partial charge in [-0.1, -0.05) is 31.5 Å². The first kappa shape index (κ1) is 26.8. The molecular formula is C20H31F3IN3O3. The Morgan fingerprint density at radius 2 is 1.83 bits per heavy atom. The van der Waals surface area contributed by atoms with Crippen LogP contribution in [0.1, 0.15) is 37.7 Å². The summed E-state index contributed by atoms with van der Waals surface area (Å²) in [5.74, 6) is 0.393. The van der Waals surface area contributed by atoms with Crippen LogP contribution in [0.25, 0.3) is 0 Å². The predicted octanol–water partition coefficient (Wildman–Crippen LogP) is 4.06. The third kappa shape index (κ3) is 10.2. The van der Waals surface area contributed by atoms with Crippen LogP contribution in [0.5, 0.6) is 5.75 Å². The number of alkyl halides is 3. The van der Waals surface area contributed by atoms with E-state index in [4.69, 9.17) is 9.47 Å². The molecule has 0 aliphatic heterocycles. The highest BCUT2D eigenvalue weighted by Crippen LogP contribution is 2.45. The van der Waals surface area contributed by atoms with Crippen LogP contribution in [0.3, 0.4) is 0 Å². The normalized spacial score (nSPS) is 18.5. The van der Waals surface area contributed by atoms with Crippen LogP contribution in [-0.4, -0.2) is 58.4 Å². The minimum Gasteiger partial charge on any atom is -0.405 e. The third-order valence-corrected chi connectivity index (χ3v) is 4.43. The lowest BCUT2D eigenvalue weighted by Crippen LogP contribution is -2.40. The number of ether oxygens (including phenoxy) is 3. The Hall–Kier alpha value is -1.27. The number of para-hydroxylation sites is 1. The maximum absolute atomic E-state index is 12.6. The Morgan fingerprint density at radius 3 is 2.50 bits per heavy atom. The summed E-state index contributed by atoms with van der Waals surface area (Å²) in [6.07, 6.45) is -1.82. The summed E-state index contributed by atoms with van der Waals surface area (Å²) >= 11 is 0. The standard InChI is InChI=1S/C20H30F3N3O3.HI/c1-3-4-10-27-12-13-28-11-9-25-19(24-2)26-17-14-16(17)15-7-5-6-8-18(15)29-20(21,22)23;/h5-8,16-17H,3-4,9-14H2,1-2H3,(H2,24,25,26);1H. The molecule has 1 aliphatic rings. The molecule has 2 unspecified atom stereocenters. The number of nitrogens with zero attached hydrogens (tertiary/aromatic N) is 1. The number of hydrogen-bond donors (Lipinski definition) is 2. The number of aliphatic imine (C=N–C) groups is 1. The highest BCUT2D eigenvalue weighted by molar-refractivity contribution is 14.0. The van der Waals surface area contributed by atoms with Gasteiger partial charge in [-0.25, -0.2) is 0 Å². The monoisotopic (exact) mass is 545 g/mol. The fraction of sp³-hybridized carbons (Fsp3) is 0.650. The number of benzene rings is 1. The first-order valence-electron chi connectivity index (χ1n) is 9.92. The van der Waals surface area contributed by atoms with Gasteiger partial charge in [0.25, 0.3) is 0 Å². The average molecular weight is 545 g/mol. The van der Waals surface area contributed by atoms with Gasteiger partial charge in [0.15, 0.2) is 5.96 Å². The molecule has 6 nitrogen and oxygen atoms in total. The highest BCUT2D eigenvalue weighted by Gasteiger charge is 2.42. The van der Waals surface area contributed by atoms with Crippen molar-refractivity contribution in [1.82, 2.24) is 10.6 Å². The lowest BCUT2D eigenvalue weighted by atomic mass is 10.1. The molecule has 0 heterocycles. The molecule has 0 bridgehead atoms. The molecule has 2 atom stereocenters. The summed E-state index contributed by atoms with van der Waals surface area (Å²) < 4.78 is 52.8. The van der Waals surface area contributed by atoms with E-state index in [0.29, 0.717) is 44.3 Å². The summed E-state index contributed by atoms with van der Waals surface area (Å²) in [4.78, 5) is 4.15. The smallest absolute Gasteiger partial charge is 0.405 e. The van der Waals surface area contributed by atoms with Gasteiger partial charge in [-0.15, -0.1) is 37.1 Å². The van der Waals surface area contributed by atoms with Crippen molar-refractivity contribution in [2.75, 3.05) is 40.0 Å². The van der Waals surface area contributed by atoms with Crippen LogP contribution < -0.4 is 15.4 Å².